The summed E-state index contributed by atoms with van der Waals surface area (Å²) in [6.07, 6.45) is 5.16. The van der Waals surface area contributed by atoms with Crippen LogP contribution in [0.3, 0.4) is 0 Å². The lowest BCUT2D eigenvalue weighted by Gasteiger charge is -2.08. The topological polar surface area (TPSA) is 99.3 Å². The second kappa shape index (κ2) is 7.26. The van der Waals surface area contributed by atoms with E-state index in [0.717, 1.165) is 5.69 Å². The molecule has 1 amide bonds. The molecule has 1 heterocycles. The van der Waals surface area contributed by atoms with Gasteiger partial charge in [0.1, 0.15) is 0 Å². The fourth-order valence-electron chi connectivity index (χ4n) is 2.20. The van der Waals surface area contributed by atoms with E-state index < -0.39 is 10.8 Å². The van der Waals surface area contributed by atoms with Crippen LogP contribution in [0.2, 0.25) is 0 Å². The first kappa shape index (κ1) is 16.2. The third-order valence-electron chi connectivity index (χ3n) is 3.37. The van der Waals surface area contributed by atoms with E-state index in [9.17, 15) is 14.9 Å². The second-order valence-corrected chi connectivity index (χ2v) is 5.08. The van der Waals surface area contributed by atoms with Crippen molar-refractivity contribution >= 4 is 17.3 Å². The van der Waals surface area contributed by atoms with E-state index in [2.05, 4.69) is 10.3 Å². The maximum Gasteiger partial charge on any atom is 0.310 e. The molecule has 0 atom stereocenters. The predicted molar refractivity (Wildman–Crippen MR) is 90.8 cm³/mol. The van der Waals surface area contributed by atoms with Crippen LogP contribution in [0.25, 0.3) is 5.69 Å². The number of benzene rings is 2. The van der Waals surface area contributed by atoms with E-state index >= 15 is 0 Å². The molecule has 3 aromatic rings. The van der Waals surface area contributed by atoms with Gasteiger partial charge in [0.25, 0.3) is 5.91 Å². The number of carbonyl (C=O) groups excluding carboxylic acids is 1. The van der Waals surface area contributed by atoms with Crippen molar-refractivity contribution in [2.75, 3.05) is 11.9 Å². The van der Waals surface area contributed by atoms with E-state index in [4.69, 9.17) is 4.74 Å². The molecule has 0 aliphatic heterocycles. The summed E-state index contributed by atoms with van der Waals surface area (Å²) in [6.45, 7) is -0.325. The molecule has 1 aromatic heterocycles. The van der Waals surface area contributed by atoms with E-state index in [1.54, 1.807) is 30.7 Å². The Balaban J connectivity index is 1.59. The van der Waals surface area contributed by atoms with Gasteiger partial charge in [-0.15, -0.1) is 0 Å². The number of nitro groups is 1. The van der Waals surface area contributed by atoms with Crippen molar-refractivity contribution < 1.29 is 14.5 Å². The minimum absolute atomic E-state index is 0.0538. The summed E-state index contributed by atoms with van der Waals surface area (Å²) in [5.41, 5.74) is 1.33. The number of ether oxygens (including phenoxy) is 1. The van der Waals surface area contributed by atoms with Gasteiger partial charge in [0, 0.05) is 29.8 Å². The highest BCUT2D eigenvalue weighted by molar-refractivity contribution is 5.92. The van der Waals surface area contributed by atoms with E-state index in [1.165, 1.54) is 18.2 Å². The van der Waals surface area contributed by atoms with Crippen LogP contribution in [-0.4, -0.2) is 27.0 Å². The smallest absolute Gasteiger partial charge is 0.310 e. The van der Waals surface area contributed by atoms with Crippen LogP contribution >= 0.6 is 0 Å². The number of imidazole rings is 1. The summed E-state index contributed by atoms with van der Waals surface area (Å²) in [6, 6.07) is 13.1. The van der Waals surface area contributed by atoms with Crippen molar-refractivity contribution in [1.29, 1.82) is 0 Å². The average Bonchev–Trinajstić information content (AvgIpc) is 3.15. The zero-order valence-corrected chi connectivity index (χ0v) is 13.0. The van der Waals surface area contributed by atoms with Crippen molar-refractivity contribution in [2.24, 2.45) is 0 Å². The summed E-state index contributed by atoms with van der Waals surface area (Å²) in [7, 11) is 0. The van der Waals surface area contributed by atoms with Gasteiger partial charge >= 0.3 is 5.69 Å². The Hall–Kier alpha value is -3.68. The summed E-state index contributed by atoms with van der Waals surface area (Å²) in [5.74, 6) is -0.355. The molecular weight excluding hydrogens is 324 g/mol. The Bertz CT molecular complexity index is 876. The molecule has 3 rings (SSSR count). The Morgan fingerprint density at radius 1 is 1.20 bits per heavy atom. The molecule has 1 N–H and O–H groups in total. The first-order valence-electron chi connectivity index (χ1n) is 7.38. The van der Waals surface area contributed by atoms with E-state index in [-0.39, 0.29) is 18.0 Å². The van der Waals surface area contributed by atoms with Crippen molar-refractivity contribution in [3.8, 4) is 11.4 Å². The van der Waals surface area contributed by atoms with Gasteiger partial charge in [0.2, 0.25) is 0 Å². The average molecular weight is 338 g/mol. The molecule has 0 radical (unpaired) electrons. The summed E-state index contributed by atoms with van der Waals surface area (Å²) >= 11 is 0. The van der Waals surface area contributed by atoms with Gasteiger partial charge < -0.3 is 14.6 Å². The molecule has 0 unspecified atom stereocenters. The van der Waals surface area contributed by atoms with Gasteiger partial charge in [0.05, 0.1) is 11.3 Å². The van der Waals surface area contributed by atoms with Crippen molar-refractivity contribution in [3.63, 3.8) is 0 Å². The maximum atomic E-state index is 12.0. The summed E-state index contributed by atoms with van der Waals surface area (Å²) in [4.78, 5) is 26.3. The Labute approximate surface area is 142 Å². The zero-order chi connectivity index (χ0) is 17.6. The number of para-hydroxylation sites is 2. The number of hydrogen-bond acceptors (Lipinski definition) is 5. The Kier molecular flexibility index (Phi) is 4.70. The van der Waals surface area contributed by atoms with Gasteiger partial charge in [0.15, 0.2) is 12.4 Å². The van der Waals surface area contributed by atoms with Crippen molar-refractivity contribution in [3.05, 3.63) is 77.4 Å². The highest BCUT2D eigenvalue weighted by Gasteiger charge is 2.14. The number of hydrogen-bond donors (Lipinski definition) is 1. The van der Waals surface area contributed by atoms with Crippen LogP contribution in [0.4, 0.5) is 11.4 Å². The maximum absolute atomic E-state index is 12.0. The molecule has 0 aliphatic carbocycles. The number of nitrogens with zero attached hydrogens (tertiary/aromatic N) is 3. The molecular formula is C17H14N4O4. The Morgan fingerprint density at radius 2 is 1.96 bits per heavy atom. The zero-order valence-electron chi connectivity index (χ0n) is 13.0. The number of nitro benzene ring substituents is 1. The normalized spacial score (nSPS) is 10.2. The number of rotatable bonds is 6. The van der Waals surface area contributed by atoms with Gasteiger partial charge in [-0.25, -0.2) is 4.98 Å². The molecule has 0 bridgehead atoms. The summed E-state index contributed by atoms with van der Waals surface area (Å²) < 4.78 is 7.09. The number of nitrogens with one attached hydrogen (secondary N) is 1. The molecule has 8 heteroatoms. The number of anilines is 1. The van der Waals surface area contributed by atoms with Gasteiger partial charge in [-0.1, -0.05) is 12.1 Å². The first-order valence-corrected chi connectivity index (χ1v) is 7.38. The highest BCUT2D eigenvalue weighted by atomic mass is 16.6. The SMILES string of the molecule is O=C(COc1ccccc1[N+](=O)[O-])Nc1ccc(-n2ccnc2)cc1. The molecule has 0 saturated heterocycles. The lowest BCUT2D eigenvalue weighted by molar-refractivity contribution is -0.385. The molecule has 2 aromatic carbocycles. The monoisotopic (exact) mass is 338 g/mol. The standard InChI is InChI=1S/C17H14N4O4/c22-17(11-25-16-4-2-1-3-15(16)21(23)24)19-13-5-7-14(8-6-13)20-10-9-18-12-20/h1-10,12H,11H2,(H,19,22). The fourth-order valence-corrected chi connectivity index (χ4v) is 2.20. The van der Waals surface area contributed by atoms with Crippen LogP contribution in [0.5, 0.6) is 5.75 Å². The number of aromatic nitrogens is 2. The van der Waals surface area contributed by atoms with E-state index in [0.29, 0.717) is 5.69 Å². The lowest BCUT2D eigenvalue weighted by atomic mass is 10.2. The molecule has 0 aliphatic rings. The molecule has 25 heavy (non-hydrogen) atoms. The molecule has 0 fully saturated rings. The van der Waals surface area contributed by atoms with Crippen LogP contribution in [0, 0.1) is 10.1 Å². The van der Waals surface area contributed by atoms with Gasteiger partial charge in [-0.3, -0.25) is 14.9 Å². The molecule has 0 saturated carbocycles. The summed E-state index contributed by atoms with van der Waals surface area (Å²) in [5, 5.41) is 13.6. The first-order chi connectivity index (χ1) is 12.1. The molecule has 0 spiro atoms. The minimum Gasteiger partial charge on any atom is -0.477 e. The van der Waals surface area contributed by atoms with Gasteiger partial charge in [-0.2, -0.15) is 0 Å². The predicted octanol–water partition coefficient (Wildman–Crippen LogP) is 2.80. The van der Waals surface area contributed by atoms with Crippen molar-refractivity contribution in [2.45, 2.75) is 0 Å². The second-order valence-electron chi connectivity index (χ2n) is 5.08. The van der Waals surface area contributed by atoms with Crippen LogP contribution < -0.4 is 10.1 Å². The van der Waals surface area contributed by atoms with Crippen LogP contribution in [0.1, 0.15) is 0 Å². The quantitative estimate of drug-likeness (QED) is 0.550. The van der Waals surface area contributed by atoms with Crippen LogP contribution in [0.15, 0.2) is 67.3 Å². The third kappa shape index (κ3) is 3.99. The fraction of sp³-hybridized carbons (Fsp3) is 0.0588. The minimum atomic E-state index is -0.554. The largest absolute Gasteiger partial charge is 0.477 e. The lowest BCUT2D eigenvalue weighted by Crippen LogP contribution is -2.20. The van der Waals surface area contributed by atoms with Crippen LogP contribution in [-0.2, 0) is 4.79 Å². The molecule has 126 valence electrons. The number of carbonyl (C=O) groups is 1. The highest BCUT2D eigenvalue weighted by Crippen LogP contribution is 2.25. The van der Waals surface area contributed by atoms with Gasteiger partial charge in [-0.05, 0) is 30.3 Å². The molecule has 8 nitrogen and oxygen atoms in total. The van der Waals surface area contributed by atoms with E-state index in [1.807, 2.05) is 22.9 Å². The third-order valence-corrected chi connectivity index (χ3v) is 3.37. The number of amides is 1. The van der Waals surface area contributed by atoms with Crippen molar-refractivity contribution in [1.82, 2.24) is 9.55 Å². The Morgan fingerprint density at radius 3 is 2.64 bits per heavy atom.